The number of nitrogens with one attached hydrogen (secondary N) is 1. The molecule has 1 aromatic carbocycles. The van der Waals surface area contributed by atoms with Crippen LogP contribution in [0.25, 0.3) is 11.0 Å². The number of nitrogens with zero attached hydrogens (tertiary/aromatic N) is 5. The monoisotopic (exact) mass is 408 g/mol. The maximum atomic E-state index is 13.2. The van der Waals surface area contributed by atoms with Gasteiger partial charge in [-0.15, -0.1) is 0 Å². The molecule has 0 spiro atoms. The molecular weight excluding hydrogens is 380 g/mol. The van der Waals surface area contributed by atoms with Crippen molar-refractivity contribution < 1.29 is 4.79 Å². The number of amides is 1. The van der Waals surface area contributed by atoms with E-state index in [1.165, 1.54) is 0 Å². The summed E-state index contributed by atoms with van der Waals surface area (Å²) in [7, 11) is 1.90. The van der Waals surface area contributed by atoms with E-state index in [2.05, 4.69) is 20.3 Å². The third-order valence-corrected chi connectivity index (χ3v) is 5.92. The summed E-state index contributed by atoms with van der Waals surface area (Å²) in [5, 5.41) is 7.35. The molecule has 0 radical (unpaired) electrons. The lowest BCUT2D eigenvalue weighted by Gasteiger charge is -2.19. The van der Waals surface area contributed by atoms with Gasteiger partial charge in [0.25, 0.3) is 5.56 Å². The van der Waals surface area contributed by atoms with Crippen molar-refractivity contribution in [3.63, 3.8) is 0 Å². The highest BCUT2D eigenvalue weighted by Gasteiger charge is 2.20. The van der Waals surface area contributed by atoms with Crippen molar-refractivity contribution in [1.82, 2.24) is 24.6 Å². The number of carbonyl (C=O) groups is 1. The van der Waals surface area contributed by atoms with E-state index >= 15 is 0 Å². The molecule has 158 valence electrons. The highest BCUT2D eigenvalue weighted by molar-refractivity contribution is 5.78. The number of anilines is 1. The van der Waals surface area contributed by atoms with E-state index in [0.29, 0.717) is 18.9 Å². The van der Waals surface area contributed by atoms with Crippen molar-refractivity contribution >= 4 is 22.8 Å². The first-order valence-corrected chi connectivity index (χ1v) is 10.5. The number of para-hydroxylation sites is 2. The minimum absolute atomic E-state index is 0.0897. The smallest absolute Gasteiger partial charge is 0.294 e. The zero-order valence-electron chi connectivity index (χ0n) is 17.8. The minimum Gasteiger partial charge on any atom is -0.352 e. The second-order valence-corrected chi connectivity index (χ2v) is 7.87. The van der Waals surface area contributed by atoms with Crippen molar-refractivity contribution in [1.29, 1.82) is 0 Å². The number of aryl methyl sites for hydroxylation is 3. The number of hydrogen-bond acceptors (Lipinski definition) is 5. The Balaban J connectivity index is 1.52. The number of carbonyl (C=O) groups excluding carboxylic acids is 1. The second kappa shape index (κ2) is 8.30. The van der Waals surface area contributed by atoms with Gasteiger partial charge in [-0.3, -0.25) is 14.3 Å². The van der Waals surface area contributed by atoms with Crippen LogP contribution in [0.3, 0.4) is 0 Å². The molecule has 0 atom stereocenters. The summed E-state index contributed by atoms with van der Waals surface area (Å²) >= 11 is 0. The standard InChI is InChI=1S/C22H28N6O2/c1-15-17(16(2)26(3)25-15)14-23-20(29)10-13-28-19-9-5-4-8-18(19)24-21(22(28)30)27-11-6-7-12-27/h4-5,8-9H,6-7,10-14H2,1-3H3,(H,23,29). The second-order valence-electron chi connectivity index (χ2n) is 7.87. The summed E-state index contributed by atoms with van der Waals surface area (Å²) in [4.78, 5) is 32.4. The number of hydrogen-bond donors (Lipinski definition) is 1. The van der Waals surface area contributed by atoms with Crippen LogP contribution in [0.4, 0.5) is 5.82 Å². The number of benzene rings is 1. The first-order chi connectivity index (χ1) is 14.5. The lowest BCUT2D eigenvalue weighted by molar-refractivity contribution is -0.121. The van der Waals surface area contributed by atoms with Crippen LogP contribution in [0.1, 0.15) is 36.2 Å². The Labute approximate surface area is 175 Å². The molecule has 30 heavy (non-hydrogen) atoms. The molecule has 2 aromatic heterocycles. The van der Waals surface area contributed by atoms with Gasteiger partial charge in [0.1, 0.15) is 0 Å². The lowest BCUT2D eigenvalue weighted by Crippen LogP contribution is -2.33. The van der Waals surface area contributed by atoms with Gasteiger partial charge in [-0.05, 0) is 38.8 Å². The largest absolute Gasteiger partial charge is 0.352 e. The van der Waals surface area contributed by atoms with Crippen LogP contribution in [0.2, 0.25) is 0 Å². The highest BCUT2D eigenvalue weighted by atomic mass is 16.2. The van der Waals surface area contributed by atoms with E-state index < -0.39 is 0 Å². The Kier molecular flexibility index (Phi) is 5.57. The predicted molar refractivity (Wildman–Crippen MR) is 117 cm³/mol. The van der Waals surface area contributed by atoms with Crippen molar-refractivity contribution in [3.05, 3.63) is 51.6 Å². The van der Waals surface area contributed by atoms with Crippen LogP contribution < -0.4 is 15.8 Å². The third kappa shape index (κ3) is 3.81. The molecule has 3 aromatic rings. The SMILES string of the molecule is Cc1nn(C)c(C)c1CNC(=O)CCn1c(=O)c(N2CCCC2)nc2ccccc21. The van der Waals surface area contributed by atoms with Crippen molar-refractivity contribution in [2.75, 3.05) is 18.0 Å². The van der Waals surface area contributed by atoms with Crippen LogP contribution in [-0.2, 0) is 24.9 Å². The normalized spacial score (nSPS) is 13.9. The predicted octanol–water partition coefficient (Wildman–Crippen LogP) is 2.05. The quantitative estimate of drug-likeness (QED) is 0.675. The fraction of sp³-hybridized carbons (Fsp3) is 0.455. The van der Waals surface area contributed by atoms with Gasteiger partial charge in [0.05, 0.1) is 16.7 Å². The van der Waals surface area contributed by atoms with Gasteiger partial charge in [0.2, 0.25) is 5.91 Å². The molecule has 0 aliphatic carbocycles. The van der Waals surface area contributed by atoms with E-state index in [-0.39, 0.29) is 17.9 Å². The molecule has 1 amide bonds. The number of fused-ring (bicyclic) bond motifs is 1. The zero-order valence-corrected chi connectivity index (χ0v) is 17.8. The fourth-order valence-corrected chi connectivity index (χ4v) is 4.10. The minimum atomic E-state index is -0.123. The van der Waals surface area contributed by atoms with Gasteiger partial charge in [-0.1, -0.05) is 12.1 Å². The van der Waals surface area contributed by atoms with E-state index in [1.54, 1.807) is 4.57 Å². The van der Waals surface area contributed by atoms with E-state index in [4.69, 9.17) is 0 Å². The molecule has 0 bridgehead atoms. The van der Waals surface area contributed by atoms with Gasteiger partial charge >= 0.3 is 0 Å². The fourth-order valence-electron chi connectivity index (χ4n) is 4.10. The molecule has 0 unspecified atom stereocenters. The Hall–Kier alpha value is -3.16. The summed E-state index contributed by atoms with van der Waals surface area (Å²) < 4.78 is 3.51. The topological polar surface area (TPSA) is 85.0 Å². The third-order valence-electron chi connectivity index (χ3n) is 5.92. The molecule has 1 fully saturated rings. The summed E-state index contributed by atoms with van der Waals surface area (Å²) in [6.45, 7) is 6.39. The van der Waals surface area contributed by atoms with E-state index in [9.17, 15) is 9.59 Å². The summed E-state index contributed by atoms with van der Waals surface area (Å²) in [5.41, 5.74) is 4.41. The first kappa shape index (κ1) is 20.1. The summed E-state index contributed by atoms with van der Waals surface area (Å²) in [6, 6.07) is 7.61. The molecule has 4 rings (SSSR count). The molecular formula is C22H28N6O2. The molecule has 1 aliphatic heterocycles. The molecule has 8 nitrogen and oxygen atoms in total. The van der Waals surface area contributed by atoms with Crippen LogP contribution in [0, 0.1) is 13.8 Å². The van der Waals surface area contributed by atoms with Gasteiger partial charge in [-0.2, -0.15) is 5.10 Å². The maximum Gasteiger partial charge on any atom is 0.294 e. The Morgan fingerprint density at radius 3 is 2.60 bits per heavy atom. The van der Waals surface area contributed by atoms with E-state index in [1.807, 2.05) is 49.8 Å². The molecule has 1 saturated heterocycles. The molecule has 1 N–H and O–H groups in total. The van der Waals surface area contributed by atoms with Crippen molar-refractivity contribution in [2.45, 2.75) is 46.2 Å². The van der Waals surface area contributed by atoms with E-state index in [0.717, 1.165) is 53.9 Å². The van der Waals surface area contributed by atoms with Gasteiger partial charge in [0.15, 0.2) is 5.82 Å². The van der Waals surface area contributed by atoms with Crippen molar-refractivity contribution in [3.8, 4) is 0 Å². The Morgan fingerprint density at radius 1 is 1.17 bits per heavy atom. The molecule has 8 heteroatoms. The number of rotatable bonds is 6. The molecule has 0 saturated carbocycles. The highest BCUT2D eigenvalue weighted by Crippen LogP contribution is 2.18. The van der Waals surface area contributed by atoms with Crippen LogP contribution in [0.5, 0.6) is 0 Å². The molecule has 3 heterocycles. The van der Waals surface area contributed by atoms with Gasteiger partial charge in [-0.25, -0.2) is 4.98 Å². The Bertz CT molecular complexity index is 1140. The average molecular weight is 409 g/mol. The zero-order chi connectivity index (χ0) is 21.3. The Morgan fingerprint density at radius 2 is 1.90 bits per heavy atom. The van der Waals surface area contributed by atoms with Gasteiger partial charge in [0, 0.05) is 50.9 Å². The summed E-state index contributed by atoms with van der Waals surface area (Å²) in [6.07, 6.45) is 2.37. The maximum absolute atomic E-state index is 13.2. The molecule has 1 aliphatic rings. The van der Waals surface area contributed by atoms with Crippen LogP contribution in [0.15, 0.2) is 29.1 Å². The average Bonchev–Trinajstić information content (AvgIpc) is 3.34. The van der Waals surface area contributed by atoms with Gasteiger partial charge < -0.3 is 14.8 Å². The lowest BCUT2D eigenvalue weighted by atomic mass is 10.2. The van der Waals surface area contributed by atoms with Crippen LogP contribution in [-0.4, -0.2) is 38.3 Å². The van der Waals surface area contributed by atoms with Crippen molar-refractivity contribution in [2.24, 2.45) is 7.05 Å². The first-order valence-electron chi connectivity index (χ1n) is 10.5. The summed E-state index contributed by atoms with van der Waals surface area (Å²) in [5.74, 6) is 0.404. The number of aromatic nitrogens is 4. The van der Waals surface area contributed by atoms with Crippen LogP contribution >= 0.6 is 0 Å².